The molecule has 0 bridgehead atoms. The van der Waals surface area contributed by atoms with Gasteiger partial charge in [0.05, 0.1) is 19.1 Å². The molecule has 0 saturated carbocycles. The molecule has 0 atom stereocenters. The minimum Gasteiger partial charge on any atom is -0.497 e. The van der Waals surface area contributed by atoms with Gasteiger partial charge in [-0.2, -0.15) is 0 Å². The van der Waals surface area contributed by atoms with Crippen LogP contribution in [0.5, 0.6) is 11.5 Å². The molecule has 0 aliphatic rings. The second-order valence-electron chi connectivity index (χ2n) is 3.16. The minimum absolute atomic E-state index is 0.0260. The van der Waals surface area contributed by atoms with Crippen molar-refractivity contribution in [2.45, 2.75) is 6.92 Å². The van der Waals surface area contributed by atoms with E-state index < -0.39 is 10.8 Å². The maximum Gasteiger partial charge on any atom is 0.334 e. The summed E-state index contributed by atoms with van der Waals surface area (Å²) in [5.74, 6) is -0.0299. The third-order valence-corrected chi connectivity index (χ3v) is 2.00. The van der Waals surface area contributed by atoms with Crippen molar-refractivity contribution in [3.05, 3.63) is 22.2 Å². The highest BCUT2D eigenvalue weighted by Crippen LogP contribution is 2.38. The quantitative estimate of drug-likeness (QED) is 0.637. The zero-order valence-electron chi connectivity index (χ0n) is 9.64. The number of ether oxygens (including phenoxy) is 2. The molecule has 1 N–H and O–H groups in total. The molecule has 0 unspecified atom stereocenters. The Hall–Kier alpha value is -2.31. The summed E-state index contributed by atoms with van der Waals surface area (Å²) >= 11 is 0. The van der Waals surface area contributed by atoms with Gasteiger partial charge in [0, 0.05) is 19.1 Å². The largest absolute Gasteiger partial charge is 0.497 e. The smallest absolute Gasteiger partial charge is 0.334 e. The van der Waals surface area contributed by atoms with Gasteiger partial charge in [0.1, 0.15) is 11.4 Å². The average molecular weight is 240 g/mol. The third-order valence-electron chi connectivity index (χ3n) is 2.00. The van der Waals surface area contributed by atoms with Crippen molar-refractivity contribution >= 4 is 17.3 Å². The number of carbonyl (C=O) groups is 1. The summed E-state index contributed by atoms with van der Waals surface area (Å²) in [5.41, 5.74) is -0.262. The number of benzene rings is 1. The predicted octanol–water partition coefficient (Wildman–Crippen LogP) is 1.57. The standard InChI is InChI=1S/C10H12N2O5/c1-6(13)11-8-4-7(16-2)5-9(17-3)10(8)12(14)15/h4-5H,1-3H3,(H,11,13). The van der Waals surface area contributed by atoms with E-state index in [0.717, 1.165) is 0 Å². The molecule has 7 nitrogen and oxygen atoms in total. The lowest BCUT2D eigenvalue weighted by Gasteiger charge is -2.09. The first-order valence-electron chi connectivity index (χ1n) is 4.67. The van der Waals surface area contributed by atoms with E-state index in [2.05, 4.69) is 5.32 Å². The zero-order valence-corrected chi connectivity index (χ0v) is 9.64. The van der Waals surface area contributed by atoms with Crippen molar-refractivity contribution in [1.82, 2.24) is 0 Å². The van der Waals surface area contributed by atoms with Crippen LogP contribution in [0.25, 0.3) is 0 Å². The number of rotatable bonds is 4. The average Bonchev–Trinajstić information content (AvgIpc) is 2.26. The number of carbonyl (C=O) groups excluding carboxylic acids is 1. The number of nitro benzene ring substituents is 1. The van der Waals surface area contributed by atoms with Crippen molar-refractivity contribution in [3.63, 3.8) is 0 Å². The van der Waals surface area contributed by atoms with Crippen LogP contribution in [-0.2, 0) is 4.79 Å². The first-order chi connectivity index (χ1) is 7.99. The van der Waals surface area contributed by atoms with Gasteiger partial charge in [-0.15, -0.1) is 0 Å². The Kier molecular flexibility index (Phi) is 3.86. The molecule has 0 fully saturated rings. The van der Waals surface area contributed by atoms with E-state index in [1.807, 2.05) is 0 Å². The van der Waals surface area contributed by atoms with Gasteiger partial charge in [-0.05, 0) is 0 Å². The Balaban J connectivity index is 3.40. The normalized spacial score (nSPS) is 9.59. The third kappa shape index (κ3) is 2.83. The van der Waals surface area contributed by atoms with Gasteiger partial charge in [-0.25, -0.2) is 0 Å². The molecule has 92 valence electrons. The predicted molar refractivity (Wildman–Crippen MR) is 60.5 cm³/mol. The monoisotopic (exact) mass is 240 g/mol. The molecule has 0 aromatic heterocycles. The van der Waals surface area contributed by atoms with Crippen LogP contribution in [0.4, 0.5) is 11.4 Å². The fourth-order valence-electron chi connectivity index (χ4n) is 1.33. The number of nitrogens with zero attached hydrogens (tertiary/aromatic N) is 1. The van der Waals surface area contributed by atoms with Crippen LogP contribution in [0.3, 0.4) is 0 Å². The van der Waals surface area contributed by atoms with Crippen LogP contribution in [0.2, 0.25) is 0 Å². The van der Waals surface area contributed by atoms with Crippen LogP contribution in [0, 0.1) is 10.1 Å². The van der Waals surface area contributed by atoms with Crippen molar-refractivity contribution in [1.29, 1.82) is 0 Å². The highest BCUT2D eigenvalue weighted by Gasteiger charge is 2.23. The second kappa shape index (κ2) is 5.15. The molecular formula is C10H12N2O5. The summed E-state index contributed by atoms with van der Waals surface area (Å²) < 4.78 is 9.86. The number of hydrogen-bond acceptors (Lipinski definition) is 5. The van der Waals surface area contributed by atoms with E-state index in [1.54, 1.807) is 0 Å². The van der Waals surface area contributed by atoms with Crippen LogP contribution >= 0.6 is 0 Å². The van der Waals surface area contributed by atoms with Crippen LogP contribution in [-0.4, -0.2) is 25.1 Å². The van der Waals surface area contributed by atoms with Gasteiger partial charge in [0.2, 0.25) is 11.7 Å². The number of nitrogens with one attached hydrogen (secondary N) is 1. The lowest BCUT2D eigenvalue weighted by Crippen LogP contribution is -2.09. The molecule has 7 heteroatoms. The Labute approximate surface area is 97.5 Å². The van der Waals surface area contributed by atoms with Crippen molar-refractivity contribution in [3.8, 4) is 11.5 Å². The van der Waals surface area contributed by atoms with Crippen molar-refractivity contribution < 1.29 is 19.2 Å². The van der Waals surface area contributed by atoms with E-state index in [1.165, 1.54) is 33.3 Å². The van der Waals surface area contributed by atoms with Crippen molar-refractivity contribution in [2.75, 3.05) is 19.5 Å². The molecular weight excluding hydrogens is 228 g/mol. The molecule has 1 amide bonds. The summed E-state index contributed by atoms with van der Waals surface area (Å²) in [6.07, 6.45) is 0. The fourth-order valence-corrected chi connectivity index (χ4v) is 1.33. The molecule has 1 rings (SSSR count). The molecule has 0 aliphatic carbocycles. The summed E-state index contributed by atoms with van der Waals surface area (Å²) in [7, 11) is 2.72. The maximum absolute atomic E-state index is 11.0. The fraction of sp³-hybridized carbons (Fsp3) is 0.300. The summed E-state index contributed by atoms with van der Waals surface area (Å²) in [4.78, 5) is 21.3. The highest BCUT2D eigenvalue weighted by atomic mass is 16.6. The summed E-state index contributed by atoms with van der Waals surface area (Å²) in [5, 5.41) is 13.3. The van der Waals surface area contributed by atoms with E-state index in [9.17, 15) is 14.9 Å². The van der Waals surface area contributed by atoms with Crippen LogP contribution in [0.15, 0.2) is 12.1 Å². The minimum atomic E-state index is -0.621. The SMILES string of the molecule is COc1cc(NC(C)=O)c([N+](=O)[O-])c(OC)c1. The Morgan fingerprint density at radius 2 is 2.00 bits per heavy atom. The molecule has 0 aliphatic heterocycles. The van der Waals surface area contributed by atoms with E-state index in [-0.39, 0.29) is 17.1 Å². The van der Waals surface area contributed by atoms with E-state index in [4.69, 9.17) is 9.47 Å². The number of nitro groups is 1. The van der Waals surface area contributed by atoms with Crippen LogP contribution < -0.4 is 14.8 Å². The molecule has 17 heavy (non-hydrogen) atoms. The van der Waals surface area contributed by atoms with Gasteiger partial charge in [-0.3, -0.25) is 14.9 Å². The van der Waals surface area contributed by atoms with Gasteiger partial charge >= 0.3 is 5.69 Å². The second-order valence-corrected chi connectivity index (χ2v) is 3.16. The lowest BCUT2D eigenvalue weighted by molar-refractivity contribution is -0.384. The van der Waals surface area contributed by atoms with Gasteiger partial charge < -0.3 is 14.8 Å². The molecule has 1 aromatic rings. The highest BCUT2D eigenvalue weighted by molar-refractivity contribution is 5.92. The van der Waals surface area contributed by atoms with Gasteiger partial charge in [0.25, 0.3) is 0 Å². The summed E-state index contributed by atoms with van der Waals surface area (Å²) in [6, 6.07) is 2.74. The Bertz CT molecular complexity index is 458. The van der Waals surface area contributed by atoms with Gasteiger partial charge in [0.15, 0.2) is 0 Å². The van der Waals surface area contributed by atoms with E-state index >= 15 is 0 Å². The maximum atomic E-state index is 11.0. The summed E-state index contributed by atoms with van der Waals surface area (Å²) in [6.45, 7) is 1.26. The van der Waals surface area contributed by atoms with E-state index in [0.29, 0.717) is 5.75 Å². The first-order valence-corrected chi connectivity index (χ1v) is 4.67. The number of hydrogen-bond donors (Lipinski definition) is 1. The topological polar surface area (TPSA) is 90.7 Å². The van der Waals surface area contributed by atoms with Crippen molar-refractivity contribution in [2.24, 2.45) is 0 Å². The first kappa shape index (κ1) is 12.8. The van der Waals surface area contributed by atoms with Crippen LogP contribution in [0.1, 0.15) is 6.92 Å². The number of amides is 1. The number of methoxy groups -OCH3 is 2. The van der Waals surface area contributed by atoms with Gasteiger partial charge in [-0.1, -0.05) is 0 Å². The Morgan fingerprint density at radius 1 is 1.35 bits per heavy atom. The zero-order chi connectivity index (χ0) is 13.0. The number of anilines is 1. The molecule has 0 heterocycles. The molecule has 0 radical (unpaired) electrons. The molecule has 0 spiro atoms. The lowest BCUT2D eigenvalue weighted by atomic mass is 10.2. The molecule has 0 saturated heterocycles. The molecule has 1 aromatic carbocycles. The Morgan fingerprint density at radius 3 is 2.41 bits per heavy atom.